The quantitative estimate of drug-likeness (QED) is 0.350. The van der Waals surface area contributed by atoms with Gasteiger partial charge >= 0.3 is 6.01 Å². The summed E-state index contributed by atoms with van der Waals surface area (Å²) in [4.78, 5) is 17.4. The molecule has 1 saturated carbocycles. The monoisotopic (exact) mass is 468 g/mol. The van der Waals surface area contributed by atoms with Gasteiger partial charge in [-0.15, -0.1) is 5.10 Å². The van der Waals surface area contributed by atoms with E-state index in [0.29, 0.717) is 31.0 Å². The Morgan fingerprint density at radius 2 is 1.74 bits per heavy atom. The molecule has 5 rings (SSSR count). The first kappa shape index (κ1) is 22.8. The summed E-state index contributed by atoms with van der Waals surface area (Å²) >= 11 is 0. The molecule has 4 aromatic rings. The van der Waals surface area contributed by atoms with Gasteiger partial charge in [0.15, 0.2) is 5.82 Å². The van der Waals surface area contributed by atoms with E-state index >= 15 is 0 Å². The normalized spacial score (nSPS) is 16.6. The van der Waals surface area contributed by atoms with Crippen molar-refractivity contribution in [3.63, 3.8) is 0 Å². The maximum Gasteiger partial charge on any atom is 0.336 e. The van der Waals surface area contributed by atoms with E-state index in [1.54, 1.807) is 11.8 Å². The highest BCUT2D eigenvalue weighted by molar-refractivity contribution is 5.95. The Morgan fingerprint density at radius 1 is 1.00 bits per heavy atom. The molecule has 1 aliphatic rings. The van der Waals surface area contributed by atoms with Crippen LogP contribution in [-0.2, 0) is 9.53 Å². The minimum absolute atomic E-state index is 0.0202. The Balaban J connectivity index is 1.34. The van der Waals surface area contributed by atoms with E-state index < -0.39 is 0 Å². The Hall–Kier alpha value is -3.97. The van der Waals surface area contributed by atoms with Crippen molar-refractivity contribution in [1.29, 1.82) is 0 Å². The lowest BCUT2D eigenvalue weighted by molar-refractivity contribution is -0.117. The number of anilines is 1. The molecule has 1 aliphatic carbocycles. The molecule has 2 atom stereocenters. The molecule has 178 valence electrons. The predicted octanol–water partition coefficient (Wildman–Crippen LogP) is 5.01. The van der Waals surface area contributed by atoms with Gasteiger partial charge in [-0.05, 0) is 54.7 Å². The summed E-state index contributed by atoms with van der Waals surface area (Å²) in [7, 11) is 1.62. The molecule has 1 aromatic heterocycles. The van der Waals surface area contributed by atoms with Gasteiger partial charge in [-0.25, -0.2) is 4.68 Å². The predicted molar refractivity (Wildman–Crippen MR) is 135 cm³/mol. The summed E-state index contributed by atoms with van der Waals surface area (Å²) in [5.74, 6) is 1.07. The van der Waals surface area contributed by atoms with Crippen molar-refractivity contribution < 1.29 is 14.3 Å². The second-order valence-electron chi connectivity index (χ2n) is 8.68. The third kappa shape index (κ3) is 5.10. The molecule has 0 aliphatic heterocycles. The second-order valence-corrected chi connectivity index (χ2v) is 8.68. The van der Waals surface area contributed by atoms with Crippen molar-refractivity contribution in [3.8, 4) is 23.1 Å². The van der Waals surface area contributed by atoms with Crippen LogP contribution in [0.1, 0.15) is 23.5 Å². The van der Waals surface area contributed by atoms with Gasteiger partial charge in [0, 0.05) is 24.3 Å². The highest BCUT2D eigenvalue weighted by atomic mass is 16.5. The van der Waals surface area contributed by atoms with Gasteiger partial charge in [0.1, 0.15) is 6.61 Å². The number of carbonyl (C=O) groups is 1. The molecule has 35 heavy (non-hydrogen) atoms. The van der Waals surface area contributed by atoms with Crippen molar-refractivity contribution >= 4 is 11.6 Å². The van der Waals surface area contributed by atoms with E-state index in [-0.39, 0.29) is 11.8 Å². The van der Waals surface area contributed by atoms with E-state index in [9.17, 15) is 4.79 Å². The number of carbonyl (C=O) groups excluding carboxylic acids is 1. The average molecular weight is 469 g/mol. The minimum atomic E-state index is 0.0202. The van der Waals surface area contributed by atoms with Gasteiger partial charge in [0.2, 0.25) is 5.91 Å². The van der Waals surface area contributed by atoms with Crippen LogP contribution in [0.2, 0.25) is 0 Å². The lowest BCUT2D eigenvalue weighted by Gasteiger charge is -2.09. The number of ether oxygens (including phenoxy) is 2. The second kappa shape index (κ2) is 10.1. The van der Waals surface area contributed by atoms with Crippen LogP contribution in [-0.4, -0.2) is 41.0 Å². The molecule has 1 amide bonds. The molecule has 7 nitrogen and oxygen atoms in total. The van der Waals surface area contributed by atoms with Crippen LogP contribution in [0.4, 0.5) is 5.69 Å². The number of methoxy groups -OCH3 is 1. The molecule has 0 spiro atoms. The number of nitrogens with one attached hydrogen (secondary N) is 1. The number of hydrogen-bond acceptors (Lipinski definition) is 5. The molecule has 1 heterocycles. The number of aromatic nitrogens is 3. The first-order valence-electron chi connectivity index (χ1n) is 11.7. The number of rotatable bonds is 9. The SMILES string of the molecule is COCCOc1nc(-c2ccccc2C)n(-c2ccc(NC(=O)[C@@H]3C[C@H]3c3ccccc3)cc2)n1. The fourth-order valence-corrected chi connectivity index (χ4v) is 4.22. The molecule has 0 radical (unpaired) electrons. The zero-order valence-corrected chi connectivity index (χ0v) is 19.8. The molecular weight excluding hydrogens is 440 g/mol. The molecule has 3 aromatic carbocycles. The van der Waals surface area contributed by atoms with Crippen LogP contribution in [0, 0.1) is 12.8 Å². The Labute approximate surface area is 204 Å². The van der Waals surface area contributed by atoms with Gasteiger partial charge in [-0.2, -0.15) is 4.98 Å². The molecule has 0 unspecified atom stereocenters. The van der Waals surface area contributed by atoms with Crippen LogP contribution in [0.25, 0.3) is 17.1 Å². The maximum absolute atomic E-state index is 12.8. The number of hydrogen-bond donors (Lipinski definition) is 1. The van der Waals surface area contributed by atoms with Crippen LogP contribution >= 0.6 is 0 Å². The average Bonchev–Trinajstić information content (AvgIpc) is 3.59. The number of nitrogens with zero attached hydrogens (tertiary/aromatic N) is 3. The third-order valence-corrected chi connectivity index (χ3v) is 6.23. The first-order chi connectivity index (χ1) is 17.1. The number of amides is 1. The van der Waals surface area contributed by atoms with Crippen molar-refractivity contribution in [2.75, 3.05) is 25.6 Å². The van der Waals surface area contributed by atoms with E-state index in [1.807, 2.05) is 73.7 Å². The summed E-state index contributed by atoms with van der Waals surface area (Å²) < 4.78 is 12.5. The van der Waals surface area contributed by atoms with Gasteiger partial charge in [-0.1, -0.05) is 54.6 Å². The lowest BCUT2D eigenvalue weighted by atomic mass is 10.1. The van der Waals surface area contributed by atoms with Gasteiger partial charge in [-0.3, -0.25) is 4.79 Å². The van der Waals surface area contributed by atoms with E-state index in [0.717, 1.165) is 28.9 Å². The van der Waals surface area contributed by atoms with Crippen LogP contribution in [0.15, 0.2) is 78.9 Å². The van der Waals surface area contributed by atoms with Crippen molar-refractivity contribution in [1.82, 2.24) is 14.8 Å². The molecule has 0 bridgehead atoms. The smallest absolute Gasteiger partial charge is 0.336 e. The maximum atomic E-state index is 12.8. The van der Waals surface area contributed by atoms with E-state index in [4.69, 9.17) is 9.47 Å². The molecular formula is C28H28N4O3. The lowest BCUT2D eigenvalue weighted by Crippen LogP contribution is -2.14. The molecule has 0 saturated heterocycles. The fourth-order valence-electron chi connectivity index (χ4n) is 4.22. The van der Waals surface area contributed by atoms with Crippen molar-refractivity contribution in [2.24, 2.45) is 5.92 Å². The Kier molecular flexibility index (Phi) is 6.59. The summed E-state index contributed by atoms with van der Waals surface area (Å²) in [6, 6.07) is 26.2. The van der Waals surface area contributed by atoms with Crippen molar-refractivity contribution in [2.45, 2.75) is 19.3 Å². The van der Waals surface area contributed by atoms with Crippen LogP contribution in [0.3, 0.4) is 0 Å². The summed E-state index contributed by atoms with van der Waals surface area (Å²) in [5, 5.41) is 7.64. The number of benzene rings is 3. The zero-order valence-electron chi connectivity index (χ0n) is 19.8. The van der Waals surface area contributed by atoms with Gasteiger partial charge in [0.25, 0.3) is 0 Å². The zero-order chi connectivity index (χ0) is 24.2. The van der Waals surface area contributed by atoms with Crippen LogP contribution < -0.4 is 10.1 Å². The molecule has 7 heteroatoms. The Bertz CT molecular complexity index is 1300. The van der Waals surface area contributed by atoms with Gasteiger partial charge < -0.3 is 14.8 Å². The third-order valence-electron chi connectivity index (χ3n) is 6.23. The van der Waals surface area contributed by atoms with Gasteiger partial charge in [0.05, 0.1) is 12.3 Å². The minimum Gasteiger partial charge on any atom is -0.460 e. The standard InChI is InChI=1S/C28H28N4O3/c1-19-8-6-7-11-23(19)26-30-28(35-17-16-34-2)31-32(26)22-14-12-21(13-15-22)29-27(33)25-18-24(25)20-9-4-3-5-10-20/h3-15,24-25H,16-18H2,1-2H3,(H,29,33)/t24-,25+/m0/s1. The largest absolute Gasteiger partial charge is 0.460 e. The molecule has 1 N–H and O–H groups in total. The van der Waals surface area contributed by atoms with Crippen molar-refractivity contribution in [3.05, 3.63) is 90.0 Å². The first-order valence-corrected chi connectivity index (χ1v) is 11.7. The molecule has 1 fully saturated rings. The summed E-state index contributed by atoms with van der Waals surface area (Å²) in [6.07, 6.45) is 0.887. The topological polar surface area (TPSA) is 78.3 Å². The highest BCUT2D eigenvalue weighted by Crippen LogP contribution is 2.47. The summed E-state index contributed by atoms with van der Waals surface area (Å²) in [6.45, 7) is 2.86. The number of aryl methyl sites for hydroxylation is 1. The highest BCUT2D eigenvalue weighted by Gasteiger charge is 2.43. The van der Waals surface area contributed by atoms with E-state index in [2.05, 4.69) is 27.5 Å². The summed E-state index contributed by atoms with van der Waals surface area (Å²) in [5.41, 5.74) is 4.86. The van der Waals surface area contributed by atoms with Crippen LogP contribution in [0.5, 0.6) is 6.01 Å². The van der Waals surface area contributed by atoms with E-state index in [1.165, 1.54) is 5.56 Å². The fraction of sp³-hybridized carbons (Fsp3) is 0.250. The Morgan fingerprint density at radius 3 is 2.49 bits per heavy atom.